The Hall–Kier alpha value is -0.290. The van der Waals surface area contributed by atoms with E-state index in [0.29, 0.717) is 0 Å². The lowest BCUT2D eigenvalue weighted by molar-refractivity contribution is -0.161. The summed E-state index contributed by atoms with van der Waals surface area (Å²) in [6.07, 6.45) is -4.19. The third-order valence-corrected chi connectivity index (χ3v) is 2.77. The molecule has 0 rings (SSSR count). The molecule has 0 aliphatic heterocycles. The van der Waals surface area contributed by atoms with E-state index in [2.05, 4.69) is 0 Å². The molecule has 5 heteroatoms. The average molecular weight is 254 g/mol. The highest BCUT2D eigenvalue weighted by Gasteiger charge is 2.40. The number of alkyl halides is 3. The highest BCUT2D eigenvalue weighted by molar-refractivity contribution is 4.91. The third-order valence-electron chi connectivity index (χ3n) is 2.77. The van der Waals surface area contributed by atoms with Crippen molar-refractivity contribution in [1.29, 1.82) is 0 Å². The Labute approximate surface area is 102 Å². The average Bonchev–Trinajstić information content (AvgIpc) is 1.96. The molecule has 0 saturated carbocycles. The zero-order chi connectivity index (χ0) is 14.0. The first-order valence-corrected chi connectivity index (χ1v) is 5.94. The van der Waals surface area contributed by atoms with E-state index >= 15 is 0 Å². The quantitative estimate of drug-likeness (QED) is 0.835. The largest absolute Gasteiger partial charge is 0.401 e. The maximum Gasteiger partial charge on any atom is 0.401 e. The second kappa shape index (κ2) is 5.57. The van der Waals surface area contributed by atoms with Crippen LogP contribution in [0.25, 0.3) is 0 Å². The van der Waals surface area contributed by atoms with Gasteiger partial charge in [-0.05, 0) is 26.2 Å². The van der Waals surface area contributed by atoms with Crippen molar-refractivity contribution in [2.45, 2.75) is 65.8 Å². The number of rotatable bonds is 4. The van der Waals surface area contributed by atoms with Crippen LogP contribution in [0.2, 0.25) is 0 Å². The molecule has 0 bridgehead atoms. The summed E-state index contributed by atoms with van der Waals surface area (Å²) in [6, 6.07) is -0.796. The van der Waals surface area contributed by atoms with Crippen LogP contribution in [0.1, 0.15) is 41.5 Å². The van der Waals surface area contributed by atoms with Crippen LogP contribution in [0, 0.1) is 5.41 Å². The van der Waals surface area contributed by atoms with Crippen molar-refractivity contribution in [3.05, 3.63) is 0 Å². The van der Waals surface area contributed by atoms with Gasteiger partial charge < -0.3 is 5.73 Å². The van der Waals surface area contributed by atoms with E-state index in [1.165, 1.54) is 4.90 Å². The van der Waals surface area contributed by atoms with Gasteiger partial charge in [0, 0.05) is 18.1 Å². The summed E-state index contributed by atoms with van der Waals surface area (Å²) in [5.74, 6) is 0. The minimum absolute atomic E-state index is 0.188. The molecule has 0 amide bonds. The van der Waals surface area contributed by atoms with E-state index in [-0.39, 0.29) is 23.5 Å². The van der Waals surface area contributed by atoms with Gasteiger partial charge in [0.15, 0.2) is 0 Å². The summed E-state index contributed by atoms with van der Waals surface area (Å²) in [5, 5.41) is 0. The minimum Gasteiger partial charge on any atom is -0.327 e. The number of nitrogens with zero attached hydrogens (tertiary/aromatic N) is 1. The molecule has 0 aromatic rings. The molecule has 2 unspecified atom stereocenters. The van der Waals surface area contributed by atoms with Gasteiger partial charge in [-0.15, -0.1) is 0 Å². The molecule has 0 aliphatic carbocycles. The number of hydrogen-bond donors (Lipinski definition) is 1. The van der Waals surface area contributed by atoms with Crippen molar-refractivity contribution in [1.82, 2.24) is 4.90 Å². The van der Waals surface area contributed by atoms with Crippen LogP contribution in [0.3, 0.4) is 0 Å². The summed E-state index contributed by atoms with van der Waals surface area (Å²) in [4.78, 5) is 1.45. The summed E-state index contributed by atoms with van der Waals surface area (Å²) >= 11 is 0. The molecule has 0 radical (unpaired) electrons. The third kappa shape index (κ3) is 5.73. The van der Waals surface area contributed by atoms with E-state index < -0.39 is 12.7 Å². The fourth-order valence-electron chi connectivity index (χ4n) is 2.40. The van der Waals surface area contributed by atoms with Gasteiger partial charge in [0.05, 0.1) is 6.54 Å². The molecule has 17 heavy (non-hydrogen) atoms. The fraction of sp³-hybridized carbons (Fsp3) is 1.00. The van der Waals surface area contributed by atoms with Crippen molar-refractivity contribution in [3.8, 4) is 0 Å². The lowest BCUT2D eigenvalue weighted by Crippen LogP contribution is -2.58. The zero-order valence-electron chi connectivity index (χ0n) is 11.6. The summed E-state index contributed by atoms with van der Waals surface area (Å²) < 4.78 is 37.8. The topological polar surface area (TPSA) is 29.3 Å². The van der Waals surface area contributed by atoms with Crippen molar-refractivity contribution >= 4 is 0 Å². The van der Waals surface area contributed by atoms with Crippen molar-refractivity contribution in [3.63, 3.8) is 0 Å². The molecule has 0 spiro atoms. The highest BCUT2D eigenvalue weighted by atomic mass is 19.4. The summed E-state index contributed by atoms with van der Waals surface area (Å²) in [6.45, 7) is 10.2. The lowest BCUT2D eigenvalue weighted by Gasteiger charge is -2.45. The van der Waals surface area contributed by atoms with Crippen molar-refractivity contribution in [2.24, 2.45) is 11.1 Å². The van der Waals surface area contributed by atoms with Gasteiger partial charge >= 0.3 is 6.18 Å². The van der Waals surface area contributed by atoms with Crippen LogP contribution < -0.4 is 5.73 Å². The Morgan fingerprint density at radius 2 is 1.47 bits per heavy atom. The predicted molar refractivity (Wildman–Crippen MR) is 64.8 cm³/mol. The molecule has 0 fully saturated rings. The Balaban J connectivity index is 5.13. The Kier molecular flexibility index (Phi) is 5.47. The first kappa shape index (κ1) is 16.7. The first-order chi connectivity index (χ1) is 7.36. The van der Waals surface area contributed by atoms with Crippen LogP contribution in [-0.2, 0) is 0 Å². The van der Waals surface area contributed by atoms with Crippen LogP contribution in [-0.4, -0.2) is 35.7 Å². The molecule has 104 valence electrons. The lowest BCUT2D eigenvalue weighted by atomic mass is 9.81. The van der Waals surface area contributed by atoms with E-state index in [9.17, 15) is 13.2 Å². The predicted octanol–water partition coefficient (Wildman–Crippen LogP) is 3.02. The van der Waals surface area contributed by atoms with Gasteiger partial charge in [-0.1, -0.05) is 20.8 Å². The molecule has 0 aromatic carbocycles. The molecule has 0 saturated heterocycles. The molecule has 2 nitrogen and oxygen atoms in total. The van der Waals surface area contributed by atoms with E-state index in [0.717, 1.165) is 0 Å². The molecule has 0 aliphatic rings. The van der Waals surface area contributed by atoms with Gasteiger partial charge in [-0.25, -0.2) is 0 Å². The van der Waals surface area contributed by atoms with Crippen molar-refractivity contribution in [2.75, 3.05) is 6.54 Å². The Morgan fingerprint density at radius 1 is 1.06 bits per heavy atom. The van der Waals surface area contributed by atoms with Gasteiger partial charge in [0.2, 0.25) is 0 Å². The van der Waals surface area contributed by atoms with E-state index in [1.54, 1.807) is 20.8 Å². The molecule has 2 N–H and O–H groups in total. The first-order valence-electron chi connectivity index (χ1n) is 5.94. The van der Waals surface area contributed by atoms with Gasteiger partial charge in [-0.3, -0.25) is 4.90 Å². The van der Waals surface area contributed by atoms with Crippen LogP contribution >= 0.6 is 0 Å². The fourth-order valence-corrected chi connectivity index (χ4v) is 2.40. The van der Waals surface area contributed by atoms with E-state index in [4.69, 9.17) is 5.73 Å². The number of nitrogens with two attached hydrogens (primary N) is 1. The number of hydrogen-bond acceptors (Lipinski definition) is 2. The van der Waals surface area contributed by atoms with Gasteiger partial charge in [0.25, 0.3) is 0 Å². The van der Waals surface area contributed by atoms with E-state index in [1.807, 2.05) is 20.8 Å². The van der Waals surface area contributed by atoms with Crippen LogP contribution in [0.4, 0.5) is 13.2 Å². The normalized spacial score (nSPS) is 17.6. The summed E-state index contributed by atoms with van der Waals surface area (Å²) in [5.41, 5.74) is 5.58. The van der Waals surface area contributed by atoms with Crippen LogP contribution in [0.15, 0.2) is 0 Å². The minimum atomic E-state index is -4.19. The van der Waals surface area contributed by atoms with Gasteiger partial charge in [0.1, 0.15) is 0 Å². The molecule has 2 atom stereocenters. The standard InChI is InChI=1S/C12H25F3N2/c1-8(2)17(7-12(13,14)15)10(9(3)16)11(4,5)6/h8-10H,7,16H2,1-6H3. The maximum absolute atomic E-state index is 12.6. The molecule has 0 aromatic heterocycles. The maximum atomic E-state index is 12.6. The zero-order valence-corrected chi connectivity index (χ0v) is 11.6. The smallest absolute Gasteiger partial charge is 0.327 e. The number of halogens is 3. The molecular weight excluding hydrogens is 229 g/mol. The second-order valence-electron chi connectivity index (χ2n) is 6.05. The second-order valence-corrected chi connectivity index (χ2v) is 6.05. The SMILES string of the molecule is CC(N)C(N(CC(F)(F)F)C(C)C)C(C)(C)C. The van der Waals surface area contributed by atoms with Gasteiger partial charge in [-0.2, -0.15) is 13.2 Å². The highest BCUT2D eigenvalue weighted by Crippen LogP contribution is 2.30. The monoisotopic (exact) mass is 254 g/mol. The van der Waals surface area contributed by atoms with Crippen molar-refractivity contribution < 1.29 is 13.2 Å². The molecular formula is C12H25F3N2. The Morgan fingerprint density at radius 3 is 1.65 bits per heavy atom. The summed E-state index contributed by atoms with van der Waals surface area (Å²) in [7, 11) is 0. The van der Waals surface area contributed by atoms with Crippen LogP contribution in [0.5, 0.6) is 0 Å². The Bertz CT molecular complexity index is 229. The molecule has 0 heterocycles.